The van der Waals surface area contributed by atoms with E-state index in [0.29, 0.717) is 11.6 Å². The van der Waals surface area contributed by atoms with Gasteiger partial charge in [-0.15, -0.1) is 0 Å². The summed E-state index contributed by atoms with van der Waals surface area (Å²) in [5, 5.41) is 3.53. The zero-order chi connectivity index (χ0) is 14.4. The summed E-state index contributed by atoms with van der Waals surface area (Å²) in [5.74, 6) is -0.367. The molecule has 0 aliphatic rings. The lowest BCUT2D eigenvalue weighted by atomic mass is 10.1. The van der Waals surface area contributed by atoms with E-state index >= 15 is 0 Å². The number of rotatable bonds is 5. The first kappa shape index (κ1) is 14.5. The summed E-state index contributed by atoms with van der Waals surface area (Å²) in [6, 6.07) is 13.5. The topological polar surface area (TPSA) is 29.1 Å². The Hall–Kier alpha value is -1.87. The van der Waals surface area contributed by atoms with Crippen molar-refractivity contribution in [3.8, 4) is 0 Å². The molecular formula is C16H15ClFNO. The van der Waals surface area contributed by atoms with Crippen molar-refractivity contribution in [2.45, 2.75) is 12.8 Å². The smallest absolute Gasteiger partial charge is 0.224 e. The molecule has 0 aromatic heterocycles. The molecule has 104 valence electrons. The first-order valence-corrected chi connectivity index (χ1v) is 6.77. The largest absolute Gasteiger partial charge is 0.355 e. The number of carbonyl (C=O) groups is 1. The van der Waals surface area contributed by atoms with E-state index in [1.54, 1.807) is 12.1 Å². The highest BCUT2D eigenvalue weighted by atomic mass is 35.5. The third-order valence-corrected chi connectivity index (χ3v) is 3.14. The first-order valence-electron chi connectivity index (χ1n) is 6.39. The summed E-state index contributed by atoms with van der Waals surface area (Å²) < 4.78 is 12.7. The quantitative estimate of drug-likeness (QED) is 0.899. The summed E-state index contributed by atoms with van der Waals surface area (Å²) >= 11 is 5.89. The minimum atomic E-state index is -0.296. The Balaban J connectivity index is 1.76. The molecule has 0 aliphatic carbocycles. The number of carbonyl (C=O) groups excluding carboxylic acids is 1. The van der Waals surface area contributed by atoms with Crippen molar-refractivity contribution in [3.05, 3.63) is 70.5 Å². The molecule has 2 aromatic rings. The molecule has 1 amide bonds. The molecule has 20 heavy (non-hydrogen) atoms. The number of hydrogen-bond donors (Lipinski definition) is 1. The van der Waals surface area contributed by atoms with E-state index in [2.05, 4.69) is 5.32 Å². The minimum Gasteiger partial charge on any atom is -0.355 e. The van der Waals surface area contributed by atoms with Crippen LogP contribution in [-0.4, -0.2) is 12.5 Å². The van der Waals surface area contributed by atoms with Gasteiger partial charge in [-0.05, 0) is 41.8 Å². The van der Waals surface area contributed by atoms with Crippen molar-refractivity contribution in [2.24, 2.45) is 0 Å². The van der Waals surface area contributed by atoms with Gasteiger partial charge in [-0.2, -0.15) is 0 Å². The van der Waals surface area contributed by atoms with E-state index in [1.807, 2.05) is 24.3 Å². The van der Waals surface area contributed by atoms with Crippen molar-refractivity contribution < 1.29 is 9.18 Å². The highest BCUT2D eigenvalue weighted by Crippen LogP contribution is 2.10. The number of nitrogens with one attached hydrogen (secondary N) is 1. The molecule has 0 radical (unpaired) electrons. The molecule has 2 rings (SSSR count). The number of benzene rings is 2. The number of halogens is 2. The average molecular weight is 292 g/mol. The van der Waals surface area contributed by atoms with Gasteiger partial charge in [-0.3, -0.25) is 4.79 Å². The second kappa shape index (κ2) is 7.06. The van der Waals surface area contributed by atoms with E-state index in [-0.39, 0.29) is 18.1 Å². The summed E-state index contributed by atoms with van der Waals surface area (Å²) in [4.78, 5) is 11.7. The molecule has 2 aromatic carbocycles. The molecule has 0 saturated heterocycles. The summed E-state index contributed by atoms with van der Waals surface area (Å²) in [6.45, 7) is 0.556. The van der Waals surface area contributed by atoms with Gasteiger partial charge in [-0.1, -0.05) is 35.9 Å². The van der Waals surface area contributed by atoms with Crippen LogP contribution >= 0.6 is 11.6 Å². The zero-order valence-corrected chi connectivity index (χ0v) is 11.7. The number of hydrogen-bond acceptors (Lipinski definition) is 1. The normalized spacial score (nSPS) is 10.3. The van der Waals surface area contributed by atoms with E-state index in [9.17, 15) is 9.18 Å². The monoisotopic (exact) mass is 291 g/mol. The van der Waals surface area contributed by atoms with Gasteiger partial charge in [0.2, 0.25) is 5.91 Å². The minimum absolute atomic E-state index is 0.0707. The lowest BCUT2D eigenvalue weighted by molar-refractivity contribution is -0.120. The van der Waals surface area contributed by atoms with E-state index < -0.39 is 0 Å². The van der Waals surface area contributed by atoms with Gasteiger partial charge in [0.15, 0.2) is 0 Å². The van der Waals surface area contributed by atoms with Crippen molar-refractivity contribution in [3.63, 3.8) is 0 Å². The molecule has 0 aliphatic heterocycles. The maximum atomic E-state index is 12.7. The molecule has 0 atom stereocenters. The molecule has 1 N–H and O–H groups in total. The van der Waals surface area contributed by atoms with Crippen molar-refractivity contribution >= 4 is 17.5 Å². The molecule has 0 fully saturated rings. The predicted octanol–water partition coefficient (Wildman–Crippen LogP) is 3.38. The van der Waals surface area contributed by atoms with Crippen LogP contribution in [0, 0.1) is 5.82 Å². The Kier molecular flexibility index (Phi) is 5.13. The number of amides is 1. The average Bonchev–Trinajstić information content (AvgIpc) is 2.41. The first-order chi connectivity index (χ1) is 9.63. The van der Waals surface area contributed by atoms with Crippen LogP contribution in [0.3, 0.4) is 0 Å². The maximum Gasteiger partial charge on any atom is 0.224 e. The highest BCUT2D eigenvalue weighted by molar-refractivity contribution is 6.30. The second-order valence-corrected chi connectivity index (χ2v) is 4.97. The molecule has 2 nitrogen and oxygen atoms in total. The fourth-order valence-corrected chi connectivity index (χ4v) is 2.10. The van der Waals surface area contributed by atoms with Gasteiger partial charge in [0.25, 0.3) is 0 Å². The van der Waals surface area contributed by atoms with Gasteiger partial charge in [0.05, 0.1) is 6.42 Å². The lowest BCUT2D eigenvalue weighted by Crippen LogP contribution is -2.27. The van der Waals surface area contributed by atoms with Crippen molar-refractivity contribution in [1.82, 2.24) is 5.32 Å². The Morgan fingerprint density at radius 3 is 2.55 bits per heavy atom. The van der Waals surface area contributed by atoms with E-state index in [4.69, 9.17) is 11.6 Å². The molecule has 4 heteroatoms. The summed E-state index contributed by atoms with van der Waals surface area (Å²) in [5.41, 5.74) is 1.88. The van der Waals surface area contributed by atoms with Crippen molar-refractivity contribution in [1.29, 1.82) is 0 Å². The van der Waals surface area contributed by atoms with Crippen LogP contribution in [0.5, 0.6) is 0 Å². The molecular weight excluding hydrogens is 277 g/mol. The van der Waals surface area contributed by atoms with Crippen molar-refractivity contribution in [2.75, 3.05) is 6.54 Å². The second-order valence-electron chi connectivity index (χ2n) is 4.53. The highest BCUT2D eigenvalue weighted by Gasteiger charge is 2.03. The van der Waals surface area contributed by atoms with E-state index in [0.717, 1.165) is 17.5 Å². The van der Waals surface area contributed by atoms with Crippen LogP contribution in [0.1, 0.15) is 11.1 Å². The SMILES string of the molecule is O=C(Cc1ccc(F)cc1)NCCc1cccc(Cl)c1. The lowest BCUT2D eigenvalue weighted by Gasteiger charge is -2.06. The Morgan fingerprint density at radius 2 is 1.85 bits per heavy atom. The van der Waals surface area contributed by atoms with Gasteiger partial charge >= 0.3 is 0 Å². The van der Waals surface area contributed by atoms with E-state index in [1.165, 1.54) is 12.1 Å². The molecule has 0 bridgehead atoms. The standard InChI is InChI=1S/C16H15ClFNO/c17-14-3-1-2-12(10-14)8-9-19-16(20)11-13-4-6-15(18)7-5-13/h1-7,10H,8-9,11H2,(H,19,20). The molecule has 0 heterocycles. The summed E-state index contributed by atoms with van der Waals surface area (Å²) in [6.07, 6.45) is 0.992. The summed E-state index contributed by atoms with van der Waals surface area (Å²) in [7, 11) is 0. The van der Waals surface area contributed by atoms with Gasteiger partial charge < -0.3 is 5.32 Å². The maximum absolute atomic E-state index is 12.7. The van der Waals surface area contributed by atoms with Crippen LogP contribution < -0.4 is 5.32 Å². The molecule has 0 unspecified atom stereocenters. The van der Waals surface area contributed by atoms with Crippen LogP contribution in [0.25, 0.3) is 0 Å². The van der Waals surface area contributed by atoms with Crippen LogP contribution in [0.15, 0.2) is 48.5 Å². The van der Waals surface area contributed by atoms with Crippen LogP contribution in [0.4, 0.5) is 4.39 Å². The Labute approximate surface area is 122 Å². The van der Waals surface area contributed by atoms with Gasteiger partial charge in [0.1, 0.15) is 5.82 Å². The fraction of sp³-hybridized carbons (Fsp3) is 0.188. The Bertz CT molecular complexity index is 583. The predicted molar refractivity (Wildman–Crippen MR) is 78.3 cm³/mol. The molecule has 0 saturated carbocycles. The fourth-order valence-electron chi connectivity index (χ4n) is 1.89. The zero-order valence-electron chi connectivity index (χ0n) is 10.9. The van der Waals surface area contributed by atoms with Gasteiger partial charge in [-0.25, -0.2) is 4.39 Å². The third-order valence-electron chi connectivity index (χ3n) is 2.90. The third kappa shape index (κ3) is 4.67. The molecule has 0 spiro atoms. The Morgan fingerprint density at radius 1 is 1.10 bits per heavy atom. The van der Waals surface area contributed by atoms with Gasteiger partial charge in [0, 0.05) is 11.6 Å². The van der Waals surface area contributed by atoms with Crippen LogP contribution in [0.2, 0.25) is 5.02 Å². The van der Waals surface area contributed by atoms with Crippen LogP contribution in [-0.2, 0) is 17.6 Å².